The Hall–Kier alpha value is -2.16. The molecule has 0 rings (SSSR count). The van der Waals surface area contributed by atoms with Gasteiger partial charge in [0.05, 0.1) is 13.0 Å². The quantitative estimate of drug-likeness (QED) is 0.322. The fourth-order valence-electron chi connectivity index (χ4n) is 1.05. The first-order chi connectivity index (χ1) is 8.82. The van der Waals surface area contributed by atoms with Crippen LogP contribution in [0.15, 0.2) is 0 Å². The average molecular weight is 275 g/mol. The maximum atomic E-state index is 11.2. The molecule has 0 saturated heterocycles. The maximum Gasteiger partial charge on any atom is 0.320 e. The second kappa shape index (κ2) is 8.86. The monoisotopic (exact) mass is 275 g/mol. The SMILES string of the molecule is N[C@@H](CCC(=O)NCC(=O)NCCC(=O)O)C(=O)O. The predicted molar refractivity (Wildman–Crippen MR) is 63.1 cm³/mol. The summed E-state index contributed by atoms with van der Waals surface area (Å²) in [5.41, 5.74) is 5.20. The Morgan fingerprint density at radius 2 is 1.63 bits per heavy atom. The zero-order valence-electron chi connectivity index (χ0n) is 10.2. The van der Waals surface area contributed by atoms with Crippen LogP contribution in [-0.2, 0) is 19.2 Å². The molecule has 19 heavy (non-hydrogen) atoms. The molecular weight excluding hydrogens is 258 g/mol. The standard InChI is InChI=1S/C10H17N3O6/c11-6(10(18)19)1-2-7(14)13-5-8(15)12-4-3-9(16)17/h6H,1-5,11H2,(H,12,15)(H,13,14)(H,16,17)(H,18,19)/t6-/m0/s1. The highest BCUT2D eigenvalue weighted by Gasteiger charge is 2.13. The third-order valence-corrected chi connectivity index (χ3v) is 2.11. The summed E-state index contributed by atoms with van der Waals surface area (Å²) >= 11 is 0. The third-order valence-electron chi connectivity index (χ3n) is 2.11. The van der Waals surface area contributed by atoms with Crippen molar-refractivity contribution in [3.05, 3.63) is 0 Å². The second-order valence-corrected chi connectivity index (χ2v) is 3.75. The molecule has 2 amide bonds. The average Bonchev–Trinajstić information content (AvgIpc) is 2.32. The lowest BCUT2D eigenvalue weighted by Gasteiger charge is -2.07. The molecular formula is C10H17N3O6. The lowest BCUT2D eigenvalue weighted by Crippen LogP contribution is -2.38. The topological polar surface area (TPSA) is 159 Å². The molecule has 1 atom stereocenters. The molecule has 0 aromatic rings. The van der Waals surface area contributed by atoms with Crippen molar-refractivity contribution in [2.24, 2.45) is 5.73 Å². The van der Waals surface area contributed by atoms with Crippen LogP contribution in [0.2, 0.25) is 0 Å². The van der Waals surface area contributed by atoms with Crippen molar-refractivity contribution in [2.45, 2.75) is 25.3 Å². The van der Waals surface area contributed by atoms with Gasteiger partial charge in [-0.15, -0.1) is 0 Å². The summed E-state index contributed by atoms with van der Waals surface area (Å²) in [4.78, 5) is 42.9. The van der Waals surface area contributed by atoms with E-state index in [2.05, 4.69) is 10.6 Å². The lowest BCUT2D eigenvalue weighted by molar-refractivity contribution is -0.139. The zero-order valence-corrected chi connectivity index (χ0v) is 10.2. The minimum Gasteiger partial charge on any atom is -0.481 e. The van der Waals surface area contributed by atoms with Crippen molar-refractivity contribution in [3.8, 4) is 0 Å². The maximum absolute atomic E-state index is 11.2. The molecule has 0 aliphatic rings. The van der Waals surface area contributed by atoms with E-state index in [1.807, 2.05) is 0 Å². The van der Waals surface area contributed by atoms with E-state index >= 15 is 0 Å². The van der Waals surface area contributed by atoms with Gasteiger partial charge in [0.15, 0.2) is 0 Å². The summed E-state index contributed by atoms with van der Waals surface area (Å²) in [5, 5.41) is 21.4. The van der Waals surface area contributed by atoms with Crippen molar-refractivity contribution in [3.63, 3.8) is 0 Å². The lowest BCUT2D eigenvalue weighted by atomic mass is 10.1. The molecule has 0 aromatic heterocycles. The molecule has 9 heteroatoms. The van der Waals surface area contributed by atoms with Crippen LogP contribution < -0.4 is 16.4 Å². The number of hydrogen-bond donors (Lipinski definition) is 5. The molecule has 0 bridgehead atoms. The molecule has 0 aliphatic heterocycles. The number of carbonyl (C=O) groups is 4. The van der Waals surface area contributed by atoms with Gasteiger partial charge in [0.2, 0.25) is 11.8 Å². The van der Waals surface area contributed by atoms with Gasteiger partial charge in [-0.3, -0.25) is 19.2 Å². The van der Waals surface area contributed by atoms with E-state index in [9.17, 15) is 19.2 Å². The molecule has 6 N–H and O–H groups in total. The largest absolute Gasteiger partial charge is 0.481 e. The van der Waals surface area contributed by atoms with Gasteiger partial charge in [0, 0.05) is 13.0 Å². The van der Waals surface area contributed by atoms with Crippen LogP contribution in [0.25, 0.3) is 0 Å². The summed E-state index contributed by atoms with van der Waals surface area (Å²) in [7, 11) is 0. The highest BCUT2D eigenvalue weighted by atomic mass is 16.4. The van der Waals surface area contributed by atoms with Gasteiger partial charge < -0.3 is 26.6 Å². The van der Waals surface area contributed by atoms with Crippen LogP contribution >= 0.6 is 0 Å². The number of carboxylic acid groups (broad SMARTS) is 2. The van der Waals surface area contributed by atoms with E-state index in [0.29, 0.717) is 0 Å². The van der Waals surface area contributed by atoms with Crippen LogP contribution in [0.4, 0.5) is 0 Å². The molecule has 0 aromatic carbocycles. The van der Waals surface area contributed by atoms with Crippen LogP contribution in [0.1, 0.15) is 19.3 Å². The molecule has 108 valence electrons. The van der Waals surface area contributed by atoms with Gasteiger partial charge in [-0.05, 0) is 6.42 Å². The second-order valence-electron chi connectivity index (χ2n) is 3.75. The van der Waals surface area contributed by atoms with Gasteiger partial charge >= 0.3 is 11.9 Å². The van der Waals surface area contributed by atoms with Crippen molar-refractivity contribution >= 4 is 23.8 Å². The zero-order chi connectivity index (χ0) is 14.8. The minimum absolute atomic E-state index is 0.0199. The Bertz CT molecular complexity index is 357. The van der Waals surface area contributed by atoms with Gasteiger partial charge in [0.1, 0.15) is 6.04 Å². The summed E-state index contributed by atoms with van der Waals surface area (Å²) in [6, 6.07) is -1.12. The number of carboxylic acids is 2. The summed E-state index contributed by atoms with van der Waals surface area (Å²) in [6.07, 6.45) is -0.329. The van der Waals surface area contributed by atoms with E-state index in [1.54, 1.807) is 0 Å². The van der Waals surface area contributed by atoms with Gasteiger partial charge in [-0.25, -0.2) is 0 Å². The first-order valence-corrected chi connectivity index (χ1v) is 5.56. The molecule has 0 fully saturated rings. The Morgan fingerprint density at radius 1 is 1.00 bits per heavy atom. The fourth-order valence-corrected chi connectivity index (χ4v) is 1.05. The van der Waals surface area contributed by atoms with E-state index in [0.717, 1.165) is 0 Å². The first-order valence-electron chi connectivity index (χ1n) is 5.56. The van der Waals surface area contributed by atoms with Crippen molar-refractivity contribution < 1.29 is 29.4 Å². The molecule has 0 spiro atoms. The third kappa shape index (κ3) is 9.53. The number of aliphatic carboxylic acids is 2. The Labute approximate surface area is 109 Å². The number of nitrogens with one attached hydrogen (secondary N) is 2. The molecule has 0 unspecified atom stereocenters. The van der Waals surface area contributed by atoms with Gasteiger partial charge in [-0.2, -0.15) is 0 Å². The summed E-state index contributed by atoms with van der Waals surface area (Å²) < 4.78 is 0. The van der Waals surface area contributed by atoms with Crippen molar-refractivity contribution in [1.82, 2.24) is 10.6 Å². The van der Waals surface area contributed by atoms with Crippen molar-refractivity contribution in [1.29, 1.82) is 0 Å². The van der Waals surface area contributed by atoms with Crippen LogP contribution in [0.5, 0.6) is 0 Å². The van der Waals surface area contributed by atoms with Gasteiger partial charge in [-0.1, -0.05) is 0 Å². The van der Waals surface area contributed by atoms with Crippen LogP contribution in [0.3, 0.4) is 0 Å². The normalized spacial score (nSPS) is 11.4. The summed E-state index contributed by atoms with van der Waals surface area (Å²) in [5.74, 6) is -3.24. The molecule has 0 aliphatic carbocycles. The Balaban J connectivity index is 3.69. The number of hydrogen-bond acceptors (Lipinski definition) is 5. The highest BCUT2D eigenvalue weighted by molar-refractivity contribution is 5.85. The predicted octanol–water partition coefficient (Wildman–Crippen LogP) is -2.11. The van der Waals surface area contributed by atoms with E-state index in [4.69, 9.17) is 15.9 Å². The first kappa shape index (κ1) is 16.8. The number of amides is 2. The van der Waals surface area contributed by atoms with Crippen LogP contribution in [0, 0.1) is 0 Å². The summed E-state index contributed by atoms with van der Waals surface area (Å²) in [6.45, 7) is -0.311. The number of rotatable bonds is 9. The highest BCUT2D eigenvalue weighted by Crippen LogP contribution is 1.94. The van der Waals surface area contributed by atoms with E-state index < -0.39 is 29.8 Å². The van der Waals surface area contributed by atoms with Crippen LogP contribution in [-0.4, -0.2) is 53.1 Å². The van der Waals surface area contributed by atoms with E-state index in [-0.39, 0.29) is 32.4 Å². The molecule has 0 saturated carbocycles. The molecule has 0 radical (unpaired) electrons. The van der Waals surface area contributed by atoms with E-state index in [1.165, 1.54) is 0 Å². The fraction of sp³-hybridized carbons (Fsp3) is 0.600. The Morgan fingerprint density at radius 3 is 2.16 bits per heavy atom. The van der Waals surface area contributed by atoms with Gasteiger partial charge in [0.25, 0.3) is 0 Å². The van der Waals surface area contributed by atoms with Crippen molar-refractivity contribution in [2.75, 3.05) is 13.1 Å². The molecule has 9 nitrogen and oxygen atoms in total. The Kier molecular flexibility index (Phi) is 7.85. The number of carbonyl (C=O) groups excluding carboxylic acids is 2. The minimum atomic E-state index is -1.20. The smallest absolute Gasteiger partial charge is 0.320 e. The number of nitrogens with two attached hydrogens (primary N) is 1. The molecule has 0 heterocycles.